The van der Waals surface area contributed by atoms with Crippen molar-refractivity contribution in [3.8, 4) is 11.4 Å². The third-order valence-electron chi connectivity index (χ3n) is 4.37. The highest BCUT2D eigenvalue weighted by molar-refractivity contribution is 5.89. The topological polar surface area (TPSA) is 43.3 Å². The van der Waals surface area contributed by atoms with Crippen molar-refractivity contribution in [1.82, 2.24) is 9.88 Å². The summed E-state index contributed by atoms with van der Waals surface area (Å²) in [4.78, 5) is 11.4. The van der Waals surface area contributed by atoms with Crippen molar-refractivity contribution >= 4 is 16.8 Å². The van der Waals surface area contributed by atoms with Gasteiger partial charge >= 0.3 is 0 Å². The highest BCUT2D eigenvalue weighted by atomic mass is 16.5. The summed E-state index contributed by atoms with van der Waals surface area (Å²) in [7, 11) is 1.70. The van der Waals surface area contributed by atoms with Gasteiger partial charge in [0.15, 0.2) is 0 Å². The zero-order valence-electron chi connectivity index (χ0n) is 14.8. The van der Waals surface area contributed by atoms with Gasteiger partial charge in [0, 0.05) is 29.7 Å². The number of carbonyl (C=O) groups is 1. The first-order valence-electron chi connectivity index (χ1n) is 8.74. The number of hydrogen-bond acceptors (Lipinski definition) is 2. The maximum absolute atomic E-state index is 11.4. The van der Waals surface area contributed by atoms with Crippen LogP contribution in [0.15, 0.2) is 54.6 Å². The number of nitrogens with zero attached hydrogens (tertiary/aromatic N) is 1. The minimum atomic E-state index is 0.102. The van der Waals surface area contributed by atoms with Crippen molar-refractivity contribution in [2.24, 2.45) is 0 Å². The summed E-state index contributed by atoms with van der Waals surface area (Å²) >= 11 is 0. The van der Waals surface area contributed by atoms with Gasteiger partial charge in [0.1, 0.15) is 5.75 Å². The number of hydrogen-bond donors (Lipinski definition) is 1. The first kappa shape index (κ1) is 17.1. The normalized spacial score (nSPS) is 10.8. The van der Waals surface area contributed by atoms with Crippen molar-refractivity contribution in [2.75, 3.05) is 13.7 Å². The fourth-order valence-corrected chi connectivity index (χ4v) is 3.12. The Morgan fingerprint density at radius 1 is 1.12 bits per heavy atom. The Morgan fingerprint density at radius 3 is 2.64 bits per heavy atom. The summed E-state index contributed by atoms with van der Waals surface area (Å²) in [5.74, 6) is 0.984. The molecule has 0 aliphatic heterocycles. The number of aryl methyl sites for hydroxylation is 1. The Balaban J connectivity index is 1.94. The van der Waals surface area contributed by atoms with Crippen LogP contribution in [0.25, 0.3) is 16.6 Å². The van der Waals surface area contributed by atoms with E-state index < -0.39 is 0 Å². The lowest BCUT2D eigenvalue weighted by molar-refractivity contribution is -0.120. The van der Waals surface area contributed by atoms with E-state index in [1.54, 1.807) is 7.11 Å². The second-order valence-corrected chi connectivity index (χ2v) is 6.01. The molecule has 0 aliphatic rings. The molecule has 0 spiro atoms. The Kier molecular flexibility index (Phi) is 5.39. The fourth-order valence-electron chi connectivity index (χ4n) is 3.12. The van der Waals surface area contributed by atoms with Crippen LogP contribution in [-0.2, 0) is 11.2 Å². The van der Waals surface area contributed by atoms with E-state index in [1.807, 2.05) is 37.3 Å². The lowest BCUT2D eigenvalue weighted by Crippen LogP contribution is -2.23. The molecule has 0 saturated carbocycles. The van der Waals surface area contributed by atoms with Gasteiger partial charge in [0.2, 0.25) is 5.91 Å². The number of methoxy groups -OCH3 is 1. The molecule has 0 saturated heterocycles. The van der Waals surface area contributed by atoms with E-state index in [-0.39, 0.29) is 5.91 Å². The molecule has 0 bridgehead atoms. The molecule has 1 N–H and O–H groups in total. The first-order valence-corrected chi connectivity index (χ1v) is 8.74. The van der Waals surface area contributed by atoms with Crippen LogP contribution in [0.4, 0.5) is 0 Å². The number of aromatic nitrogens is 1. The average Bonchev–Trinajstić information content (AvgIpc) is 3.04. The van der Waals surface area contributed by atoms with Crippen molar-refractivity contribution in [2.45, 2.75) is 26.2 Å². The van der Waals surface area contributed by atoms with Gasteiger partial charge in [-0.15, -0.1) is 0 Å². The lowest BCUT2D eigenvalue weighted by Gasteiger charge is -2.11. The Morgan fingerprint density at radius 2 is 1.92 bits per heavy atom. The van der Waals surface area contributed by atoms with E-state index in [0.717, 1.165) is 35.2 Å². The number of carbonyl (C=O) groups excluding carboxylic acids is 1. The standard InChI is InChI=1S/C21H24N2O2/c1-3-21(24)22-14-8-11-17-15-18-19(12-7-13-20(18)25-2)23(17)16-9-5-4-6-10-16/h4-7,9-10,12-13,15H,3,8,11,14H2,1-2H3,(H,22,24). The van der Waals surface area contributed by atoms with E-state index in [2.05, 4.69) is 34.1 Å². The highest BCUT2D eigenvalue weighted by Crippen LogP contribution is 2.31. The molecule has 0 radical (unpaired) electrons. The quantitative estimate of drug-likeness (QED) is 0.660. The van der Waals surface area contributed by atoms with Gasteiger partial charge in [-0.3, -0.25) is 4.79 Å². The molecule has 3 rings (SSSR count). The Hall–Kier alpha value is -2.75. The van der Waals surface area contributed by atoms with Crippen LogP contribution in [0.1, 0.15) is 25.5 Å². The number of ether oxygens (including phenoxy) is 1. The first-order chi connectivity index (χ1) is 12.2. The second-order valence-electron chi connectivity index (χ2n) is 6.01. The van der Waals surface area contributed by atoms with E-state index >= 15 is 0 Å². The molecule has 130 valence electrons. The molecule has 0 fully saturated rings. The van der Waals surface area contributed by atoms with Crippen LogP contribution >= 0.6 is 0 Å². The van der Waals surface area contributed by atoms with E-state index in [4.69, 9.17) is 4.74 Å². The second kappa shape index (κ2) is 7.88. The summed E-state index contributed by atoms with van der Waals surface area (Å²) < 4.78 is 7.81. The van der Waals surface area contributed by atoms with Crippen LogP contribution in [-0.4, -0.2) is 24.1 Å². The Labute approximate surface area is 148 Å². The van der Waals surface area contributed by atoms with E-state index in [1.165, 1.54) is 5.69 Å². The molecule has 0 atom stereocenters. The number of para-hydroxylation sites is 1. The number of benzene rings is 2. The smallest absolute Gasteiger partial charge is 0.219 e. The summed E-state index contributed by atoms with van der Waals surface area (Å²) in [5, 5.41) is 4.06. The maximum atomic E-state index is 11.4. The van der Waals surface area contributed by atoms with Crippen molar-refractivity contribution in [3.63, 3.8) is 0 Å². The fraction of sp³-hybridized carbons (Fsp3) is 0.286. The largest absolute Gasteiger partial charge is 0.496 e. The minimum Gasteiger partial charge on any atom is -0.496 e. The molecule has 1 heterocycles. The molecule has 2 aromatic carbocycles. The zero-order chi connectivity index (χ0) is 17.6. The van der Waals surface area contributed by atoms with Gasteiger partial charge in [0.25, 0.3) is 0 Å². The Bertz CT molecular complexity index is 853. The molecule has 0 unspecified atom stereocenters. The van der Waals surface area contributed by atoms with Gasteiger partial charge in [0.05, 0.1) is 12.6 Å². The number of nitrogens with one attached hydrogen (secondary N) is 1. The SMILES string of the molecule is CCC(=O)NCCCc1cc2c(OC)cccc2n1-c1ccccc1. The van der Waals surface area contributed by atoms with Gasteiger partial charge in [-0.25, -0.2) is 0 Å². The predicted molar refractivity (Wildman–Crippen MR) is 101 cm³/mol. The molecule has 4 heteroatoms. The van der Waals surface area contributed by atoms with Crippen LogP contribution in [0.2, 0.25) is 0 Å². The maximum Gasteiger partial charge on any atom is 0.219 e. The number of rotatable bonds is 7. The number of fused-ring (bicyclic) bond motifs is 1. The minimum absolute atomic E-state index is 0.102. The van der Waals surface area contributed by atoms with Gasteiger partial charge < -0.3 is 14.6 Å². The molecule has 1 amide bonds. The zero-order valence-corrected chi connectivity index (χ0v) is 14.8. The monoisotopic (exact) mass is 336 g/mol. The van der Waals surface area contributed by atoms with Gasteiger partial charge in [-0.1, -0.05) is 31.2 Å². The van der Waals surface area contributed by atoms with E-state index in [0.29, 0.717) is 13.0 Å². The summed E-state index contributed by atoms with van der Waals surface area (Å²) in [6.07, 6.45) is 2.31. The summed E-state index contributed by atoms with van der Waals surface area (Å²) in [6, 6.07) is 18.7. The van der Waals surface area contributed by atoms with Crippen LogP contribution in [0.3, 0.4) is 0 Å². The highest BCUT2D eigenvalue weighted by Gasteiger charge is 2.13. The lowest BCUT2D eigenvalue weighted by atomic mass is 10.2. The predicted octanol–water partition coefficient (Wildman–Crippen LogP) is 4.10. The third kappa shape index (κ3) is 3.68. The average molecular weight is 336 g/mol. The van der Waals surface area contributed by atoms with E-state index in [9.17, 15) is 4.79 Å². The van der Waals surface area contributed by atoms with Crippen LogP contribution in [0.5, 0.6) is 5.75 Å². The molecule has 25 heavy (non-hydrogen) atoms. The molecule has 0 aliphatic carbocycles. The summed E-state index contributed by atoms with van der Waals surface area (Å²) in [5.41, 5.74) is 3.49. The molecule has 4 nitrogen and oxygen atoms in total. The van der Waals surface area contributed by atoms with Crippen LogP contribution < -0.4 is 10.1 Å². The molecule has 3 aromatic rings. The van der Waals surface area contributed by atoms with Gasteiger partial charge in [-0.2, -0.15) is 0 Å². The summed E-state index contributed by atoms with van der Waals surface area (Å²) in [6.45, 7) is 2.56. The molecule has 1 aromatic heterocycles. The van der Waals surface area contributed by atoms with Crippen molar-refractivity contribution in [3.05, 3.63) is 60.3 Å². The molecular weight excluding hydrogens is 312 g/mol. The van der Waals surface area contributed by atoms with Crippen molar-refractivity contribution < 1.29 is 9.53 Å². The third-order valence-corrected chi connectivity index (χ3v) is 4.37. The van der Waals surface area contributed by atoms with Gasteiger partial charge in [-0.05, 0) is 43.2 Å². The van der Waals surface area contributed by atoms with Crippen molar-refractivity contribution in [1.29, 1.82) is 0 Å². The molecular formula is C21H24N2O2. The van der Waals surface area contributed by atoms with Crippen LogP contribution in [0, 0.1) is 0 Å². The number of amides is 1.